The second-order valence-electron chi connectivity index (χ2n) is 6.62. The number of hydrogen-bond acceptors (Lipinski definition) is 3. The molecule has 0 aliphatic rings. The normalized spacial score (nSPS) is 10.6. The number of phenols is 1. The van der Waals surface area contributed by atoms with E-state index in [1.165, 1.54) is 24.3 Å². The summed E-state index contributed by atoms with van der Waals surface area (Å²) in [4.78, 5) is 0. The second-order valence-corrected chi connectivity index (χ2v) is 6.62. The average molecular weight is 414 g/mol. The molecule has 0 radical (unpaired) electrons. The molecule has 3 aromatic rings. The van der Waals surface area contributed by atoms with Crippen LogP contribution in [-0.2, 0) is 6.61 Å². The number of allylic oxidation sites excluding steroid dienone is 1. The number of hydrogen-bond donors (Lipinski definition) is 1. The van der Waals surface area contributed by atoms with Gasteiger partial charge in [-0.1, -0.05) is 30.3 Å². The van der Waals surface area contributed by atoms with Crippen LogP contribution in [0.2, 0.25) is 0 Å². The highest BCUT2D eigenvalue weighted by atomic mass is 19.2. The third kappa shape index (κ3) is 5.14. The Hall–Kier alpha value is -3.41. The molecule has 156 valence electrons. The number of benzene rings is 3. The Kier molecular flexibility index (Phi) is 7.01. The molecular formula is C24H21F3O3. The summed E-state index contributed by atoms with van der Waals surface area (Å²) in [6.45, 7) is 4.03. The minimum atomic E-state index is -1.02. The van der Waals surface area contributed by atoms with Crippen molar-refractivity contribution in [2.24, 2.45) is 0 Å². The van der Waals surface area contributed by atoms with Crippen molar-refractivity contribution in [1.29, 1.82) is 0 Å². The van der Waals surface area contributed by atoms with Gasteiger partial charge in [0.2, 0.25) is 5.82 Å². The molecule has 6 heteroatoms. The molecule has 30 heavy (non-hydrogen) atoms. The zero-order valence-electron chi connectivity index (χ0n) is 16.2. The van der Waals surface area contributed by atoms with Crippen molar-refractivity contribution in [3.63, 3.8) is 0 Å². The Morgan fingerprint density at radius 3 is 2.37 bits per heavy atom. The maximum absolute atomic E-state index is 14.5. The van der Waals surface area contributed by atoms with E-state index < -0.39 is 23.2 Å². The van der Waals surface area contributed by atoms with Gasteiger partial charge in [0.05, 0.1) is 6.61 Å². The summed E-state index contributed by atoms with van der Waals surface area (Å²) in [7, 11) is 0. The zero-order valence-corrected chi connectivity index (χ0v) is 16.2. The van der Waals surface area contributed by atoms with Gasteiger partial charge in [-0.25, -0.2) is 8.78 Å². The summed E-state index contributed by atoms with van der Waals surface area (Å²) in [6, 6.07) is 13.4. The molecule has 0 aliphatic heterocycles. The standard InChI is InChI=1S/C24H21F3O3/c1-2-3-4-13-29-22-12-10-19(23(26)24(22)27)17-7-5-16(6-8-17)15-30-18-9-11-21(28)20(25)14-18/h2,5-12,14,28H,1,3-4,13,15H2. The molecule has 1 N–H and O–H groups in total. The van der Waals surface area contributed by atoms with Crippen LogP contribution in [0.25, 0.3) is 11.1 Å². The Balaban J connectivity index is 1.67. The summed E-state index contributed by atoms with van der Waals surface area (Å²) in [6.07, 6.45) is 3.15. The van der Waals surface area contributed by atoms with Crippen molar-refractivity contribution in [3.8, 4) is 28.4 Å². The molecule has 0 saturated heterocycles. The molecular weight excluding hydrogens is 393 g/mol. The van der Waals surface area contributed by atoms with Gasteiger partial charge in [0, 0.05) is 11.6 Å². The lowest BCUT2D eigenvalue weighted by Crippen LogP contribution is -2.01. The summed E-state index contributed by atoms with van der Waals surface area (Å²) in [5, 5.41) is 9.19. The minimum Gasteiger partial charge on any atom is -0.505 e. The molecule has 0 unspecified atom stereocenters. The molecule has 0 heterocycles. The van der Waals surface area contributed by atoms with E-state index in [1.807, 2.05) is 0 Å². The predicted octanol–water partition coefficient (Wildman–Crippen LogP) is 6.40. The fourth-order valence-electron chi connectivity index (χ4n) is 2.80. The number of phenolic OH excluding ortho intramolecular Hbond substituents is 1. The molecule has 0 spiro atoms. The average Bonchev–Trinajstić information content (AvgIpc) is 2.75. The fraction of sp³-hybridized carbons (Fsp3) is 0.167. The van der Waals surface area contributed by atoms with Gasteiger partial charge in [-0.2, -0.15) is 4.39 Å². The molecule has 0 bridgehead atoms. The lowest BCUT2D eigenvalue weighted by molar-refractivity contribution is 0.291. The molecule has 3 rings (SSSR count). The van der Waals surface area contributed by atoms with Crippen molar-refractivity contribution in [3.05, 3.63) is 90.3 Å². The lowest BCUT2D eigenvalue weighted by atomic mass is 10.0. The van der Waals surface area contributed by atoms with Crippen LogP contribution in [0.15, 0.2) is 67.3 Å². The van der Waals surface area contributed by atoms with Crippen LogP contribution in [0.3, 0.4) is 0 Å². The van der Waals surface area contributed by atoms with Gasteiger partial charge in [-0.3, -0.25) is 0 Å². The first-order chi connectivity index (χ1) is 14.5. The molecule has 0 saturated carbocycles. The minimum absolute atomic E-state index is 0.119. The smallest absolute Gasteiger partial charge is 0.201 e. The molecule has 0 aliphatic carbocycles. The highest BCUT2D eigenvalue weighted by Gasteiger charge is 2.16. The highest BCUT2D eigenvalue weighted by Crippen LogP contribution is 2.30. The van der Waals surface area contributed by atoms with Crippen molar-refractivity contribution >= 4 is 0 Å². The number of unbranched alkanes of at least 4 members (excludes halogenated alkanes) is 1. The third-order valence-electron chi connectivity index (χ3n) is 4.45. The predicted molar refractivity (Wildman–Crippen MR) is 109 cm³/mol. The van der Waals surface area contributed by atoms with E-state index in [2.05, 4.69) is 6.58 Å². The van der Waals surface area contributed by atoms with Crippen molar-refractivity contribution < 1.29 is 27.8 Å². The Morgan fingerprint density at radius 2 is 1.67 bits per heavy atom. The fourth-order valence-corrected chi connectivity index (χ4v) is 2.80. The van der Waals surface area contributed by atoms with Gasteiger partial charge in [-0.15, -0.1) is 6.58 Å². The molecule has 3 aromatic carbocycles. The van der Waals surface area contributed by atoms with Gasteiger partial charge >= 0.3 is 0 Å². The number of halogens is 3. The second kappa shape index (κ2) is 9.87. The van der Waals surface area contributed by atoms with E-state index in [9.17, 15) is 18.3 Å². The molecule has 0 amide bonds. The number of ether oxygens (including phenoxy) is 2. The Bertz CT molecular complexity index is 1020. The largest absolute Gasteiger partial charge is 0.505 e. The van der Waals surface area contributed by atoms with Gasteiger partial charge < -0.3 is 14.6 Å². The van der Waals surface area contributed by atoms with Gasteiger partial charge in [0.15, 0.2) is 23.1 Å². The van der Waals surface area contributed by atoms with E-state index in [0.717, 1.165) is 18.1 Å². The summed E-state index contributed by atoms with van der Waals surface area (Å²) in [5.41, 5.74) is 1.39. The number of rotatable bonds is 9. The zero-order chi connectivity index (χ0) is 21.5. The maximum atomic E-state index is 14.5. The third-order valence-corrected chi connectivity index (χ3v) is 4.45. The van der Waals surface area contributed by atoms with Crippen LogP contribution in [0.1, 0.15) is 18.4 Å². The van der Waals surface area contributed by atoms with Crippen LogP contribution in [0, 0.1) is 17.5 Å². The summed E-state index contributed by atoms with van der Waals surface area (Å²) in [5.74, 6) is -3.06. The molecule has 0 atom stereocenters. The van der Waals surface area contributed by atoms with Crippen LogP contribution in [0.4, 0.5) is 13.2 Å². The molecule has 3 nitrogen and oxygen atoms in total. The maximum Gasteiger partial charge on any atom is 0.201 e. The summed E-state index contributed by atoms with van der Waals surface area (Å²) >= 11 is 0. The first-order valence-electron chi connectivity index (χ1n) is 9.42. The van der Waals surface area contributed by atoms with Crippen molar-refractivity contribution in [1.82, 2.24) is 0 Å². The number of aromatic hydroxyl groups is 1. The summed E-state index contributed by atoms with van der Waals surface area (Å²) < 4.78 is 52.9. The first kappa shape index (κ1) is 21.3. The van der Waals surface area contributed by atoms with Gasteiger partial charge in [0.25, 0.3) is 0 Å². The molecule has 0 fully saturated rings. The van der Waals surface area contributed by atoms with Crippen molar-refractivity contribution in [2.45, 2.75) is 19.4 Å². The topological polar surface area (TPSA) is 38.7 Å². The first-order valence-corrected chi connectivity index (χ1v) is 9.42. The van der Waals surface area contributed by atoms with Crippen molar-refractivity contribution in [2.75, 3.05) is 6.61 Å². The Labute approximate surface area is 173 Å². The van der Waals surface area contributed by atoms with Crippen LogP contribution < -0.4 is 9.47 Å². The van der Waals surface area contributed by atoms with E-state index in [-0.39, 0.29) is 30.3 Å². The van der Waals surface area contributed by atoms with E-state index >= 15 is 0 Å². The van der Waals surface area contributed by atoms with Gasteiger partial charge in [0.1, 0.15) is 12.4 Å². The lowest BCUT2D eigenvalue weighted by Gasteiger charge is -2.11. The quantitative estimate of drug-likeness (QED) is 0.325. The van der Waals surface area contributed by atoms with E-state index in [0.29, 0.717) is 12.0 Å². The Morgan fingerprint density at radius 1 is 0.900 bits per heavy atom. The van der Waals surface area contributed by atoms with Crippen LogP contribution in [-0.4, -0.2) is 11.7 Å². The van der Waals surface area contributed by atoms with E-state index in [4.69, 9.17) is 9.47 Å². The molecule has 0 aromatic heterocycles. The van der Waals surface area contributed by atoms with Gasteiger partial charge in [-0.05, 0) is 48.2 Å². The van der Waals surface area contributed by atoms with E-state index in [1.54, 1.807) is 30.3 Å². The highest BCUT2D eigenvalue weighted by molar-refractivity contribution is 5.65. The monoisotopic (exact) mass is 414 g/mol. The van der Waals surface area contributed by atoms with Crippen LogP contribution >= 0.6 is 0 Å². The van der Waals surface area contributed by atoms with Crippen LogP contribution in [0.5, 0.6) is 17.2 Å². The SMILES string of the molecule is C=CCCCOc1ccc(-c2ccc(COc3ccc(O)c(F)c3)cc2)c(F)c1F.